The number of carbonyl (C=O) groups is 1. The van der Waals surface area contributed by atoms with E-state index >= 15 is 0 Å². The molecule has 1 aromatic rings. The molecule has 1 rings (SSSR count). The van der Waals surface area contributed by atoms with Crippen LogP contribution >= 0.6 is 11.3 Å². The molecular formula is C10H12F3NO2S. The zero-order chi connectivity index (χ0) is 13.3. The number of aliphatic carboxylic acids is 1. The van der Waals surface area contributed by atoms with Gasteiger partial charge in [-0.2, -0.15) is 13.2 Å². The van der Waals surface area contributed by atoms with E-state index in [2.05, 4.69) is 4.98 Å². The van der Waals surface area contributed by atoms with Crippen LogP contribution in [0.5, 0.6) is 0 Å². The fourth-order valence-corrected chi connectivity index (χ4v) is 2.04. The Hall–Kier alpha value is -1.11. The lowest BCUT2D eigenvalue weighted by Gasteiger charge is -2.15. The van der Waals surface area contributed by atoms with E-state index in [9.17, 15) is 18.0 Å². The molecule has 1 N–H and O–H groups in total. The van der Waals surface area contributed by atoms with Crippen LogP contribution in [-0.2, 0) is 16.6 Å². The second-order valence-corrected chi connectivity index (χ2v) is 5.11. The Balaban J connectivity index is 2.76. The minimum Gasteiger partial charge on any atom is -0.481 e. The van der Waals surface area contributed by atoms with Crippen LogP contribution in [-0.4, -0.2) is 22.2 Å². The maximum Gasteiger partial charge on any atom is 0.389 e. The zero-order valence-electron chi connectivity index (χ0n) is 9.34. The fourth-order valence-electron chi connectivity index (χ4n) is 1.07. The predicted molar refractivity (Wildman–Crippen MR) is 57.2 cm³/mol. The number of hydrogen-bond donors (Lipinski definition) is 1. The third-order valence-corrected chi connectivity index (χ3v) is 3.26. The number of rotatable bonds is 4. The SMILES string of the molecule is CC(C)(C(=O)O)c1csc(CCC(F)(F)F)n1. The third kappa shape index (κ3) is 3.69. The van der Waals surface area contributed by atoms with Gasteiger partial charge in [0.15, 0.2) is 0 Å². The molecule has 96 valence electrons. The number of carboxylic acids is 1. The van der Waals surface area contributed by atoms with E-state index in [0.29, 0.717) is 10.7 Å². The average Bonchev–Trinajstić information content (AvgIpc) is 2.62. The summed E-state index contributed by atoms with van der Waals surface area (Å²) in [6.07, 6.45) is -5.36. The largest absolute Gasteiger partial charge is 0.481 e. The molecular weight excluding hydrogens is 255 g/mol. The number of aryl methyl sites for hydroxylation is 1. The molecule has 0 aromatic carbocycles. The highest BCUT2D eigenvalue weighted by Crippen LogP contribution is 2.27. The van der Waals surface area contributed by atoms with Crippen molar-refractivity contribution in [3.8, 4) is 0 Å². The highest BCUT2D eigenvalue weighted by Gasteiger charge is 2.33. The Kier molecular flexibility index (Phi) is 3.81. The summed E-state index contributed by atoms with van der Waals surface area (Å²) in [7, 11) is 0. The molecule has 7 heteroatoms. The summed E-state index contributed by atoms with van der Waals surface area (Å²) in [5.41, 5.74) is -0.875. The van der Waals surface area contributed by atoms with Crippen LogP contribution in [0.1, 0.15) is 31.0 Å². The van der Waals surface area contributed by atoms with Gasteiger partial charge in [0.1, 0.15) is 5.41 Å². The van der Waals surface area contributed by atoms with Gasteiger partial charge >= 0.3 is 12.1 Å². The summed E-state index contributed by atoms with van der Waals surface area (Å²) in [6, 6.07) is 0. The predicted octanol–water partition coefficient (Wildman–Crippen LogP) is 3.00. The van der Waals surface area contributed by atoms with Gasteiger partial charge in [-0.25, -0.2) is 4.98 Å². The molecule has 0 amide bonds. The first-order chi connectivity index (χ1) is 7.63. The van der Waals surface area contributed by atoms with Crippen LogP contribution in [0.3, 0.4) is 0 Å². The number of aromatic nitrogens is 1. The molecule has 0 radical (unpaired) electrons. The second-order valence-electron chi connectivity index (χ2n) is 4.17. The van der Waals surface area contributed by atoms with Crippen molar-refractivity contribution in [1.29, 1.82) is 0 Å². The van der Waals surface area contributed by atoms with E-state index in [-0.39, 0.29) is 6.42 Å². The minimum absolute atomic E-state index is 0.204. The maximum absolute atomic E-state index is 12.0. The van der Waals surface area contributed by atoms with Crippen LogP contribution in [0.25, 0.3) is 0 Å². The van der Waals surface area contributed by atoms with Gasteiger partial charge in [0.05, 0.1) is 10.7 Å². The van der Waals surface area contributed by atoms with Gasteiger partial charge in [0.25, 0.3) is 0 Å². The van der Waals surface area contributed by atoms with Crippen LogP contribution in [0.15, 0.2) is 5.38 Å². The normalized spacial score (nSPS) is 12.8. The zero-order valence-corrected chi connectivity index (χ0v) is 10.2. The van der Waals surface area contributed by atoms with Crippen molar-refractivity contribution in [3.63, 3.8) is 0 Å². The van der Waals surface area contributed by atoms with Crippen molar-refractivity contribution in [2.75, 3.05) is 0 Å². The van der Waals surface area contributed by atoms with Crippen LogP contribution in [0.2, 0.25) is 0 Å². The van der Waals surface area contributed by atoms with E-state index in [4.69, 9.17) is 5.11 Å². The first kappa shape index (κ1) is 14.0. The van der Waals surface area contributed by atoms with Gasteiger partial charge in [-0.05, 0) is 13.8 Å². The van der Waals surface area contributed by atoms with E-state index in [1.54, 1.807) is 0 Å². The number of carboxylic acid groups (broad SMARTS) is 1. The van der Waals surface area contributed by atoms with Gasteiger partial charge in [0, 0.05) is 18.2 Å². The van der Waals surface area contributed by atoms with E-state index in [0.717, 1.165) is 11.3 Å². The lowest BCUT2D eigenvalue weighted by molar-refractivity contribution is -0.142. The standard InChI is InChI=1S/C10H12F3NO2S/c1-9(2,8(15)16)6-5-17-7(14-6)3-4-10(11,12)13/h5H,3-4H2,1-2H3,(H,15,16). The summed E-state index contributed by atoms with van der Waals surface area (Å²) in [5, 5.41) is 10.8. The third-order valence-electron chi connectivity index (χ3n) is 2.35. The smallest absolute Gasteiger partial charge is 0.389 e. The Bertz CT molecular complexity index is 412. The molecule has 17 heavy (non-hydrogen) atoms. The van der Waals surface area contributed by atoms with Gasteiger partial charge in [-0.1, -0.05) is 0 Å². The van der Waals surface area contributed by atoms with Gasteiger partial charge in [0.2, 0.25) is 0 Å². The summed E-state index contributed by atoms with van der Waals surface area (Å²) < 4.78 is 36.0. The van der Waals surface area contributed by atoms with Crippen molar-refractivity contribution in [2.24, 2.45) is 0 Å². The van der Waals surface area contributed by atoms with Crippen molar-refractivity contribution in [3.05, 3.63) is 16.1 Å². The summed E-state index contributed by atoms with van der Waals surface area (Å²) in [4.78, 5) is 14.9. The molecule has 0 aliphatic rings. The number of hydrogen-bond acceptors (Lipinski definition) is 3. The molecule has 0 aliphatic heterocycles. The Morgan fingerprint density at radius 3 is 2.53 bits per heavy atom. The Morgan fingerprint density at radius 1 is 1.47 bits per heavy atom. The Morgan fingerprint density at radius 2 is 2.06 bits per heavy atom. The molecule has 0 saturated heterocycles. The van der Waals surface area contributed by atoms with Crippen LogP contribution in [0, 0.1) is 0 Å². The Labute approximate surface area is 100 Å². The lowest BCUT2D eigenvalue weighted by atomic mass is 9.90. The highest BCUT2D eigenvalue weighted by molar-refractivity contribution is 7.09. The molecule has 0 atom stereocenters. The minimum atomic E-state index is -4.21. The van der Waals surface area contributed by atoms with Crippen molar-refractivity contribution < 1.29 is 23.1 Å². The summed E-state index contributed by atoms with van der Waals surface area (Å²) >= 11 is 1.06. The first-order valence-electron chi connectivity index (χ1n) is 4.88. The lowest BCUT2D eigenvalue weighted by Crippen LogP contribution is -2.28. The van der Waals surface area contributed by atoms with E-state index in [1.807, 2.05) is 0 Å². The molecule has 3 nitrogen and oxygen atoms in total. The number of alkyl halides is 3. The highest BCUT2D eigenvalue weighted by atomic mass is 32.1. The average molecular weight is 267 g/mol. The van der Waals surface area contributed by atoms with Gasteiger partial charge < -0.3 is 5.11 Å². The molecule has 0 spiro atoms. The molecule has 0 saturated carbocycles. The molecule has 1 aromatic heterocycles. The maximum atomic E-state index is 12.0. The van der Waals surface area contributed by atoms with E-state index < -0.39 is 24.0 Å². The fraction of sp³-hybridized carbons (Fsp3) is 0.600. The van der Waals surface area contributed by atoms with Crippen molar-refractivity contribution in [2.45, 2.75) is 38.3 Å². The monoisotopic (exact) mass is 267 g/mol. The second kappa shape index (κ2) is 4.64. The molecule has 0 unspecified atom stereocenters. The van der Waals surface area contributed by atoms with Gasteiger partial charge in [-0.15, -0.1) is 11.3 Å². The van der Waals surface area contributed by atoms with Crippen LogP contribution < -0.4 is 0 Å². The number of nitrogens with zero attached hydrogens (tertiary/aromatic N) is 1. The number of halogens is 3. The van der Waals surface area contributed by atoms with Gasteiger partial charge in [-0.3, -0.25) is 4.79 Å². The van der Waals surface area contributed by atoms with Crippen LogP contribution in [0.4, 0.5) is 13.2 Å². The quantitative estimate of drug-likeness (QED) is 0.912. The topological polar surface area (TPSA) is 50.2 Å². The van der Waals surface area contributed by atoms with E-state index in [1.165, 1.54) is 19.2 Å². The molecule has 0 aliphatic carbocycles. The van der Waals surface area contributed by atoms with Crippen molar-refractivity contribution >= 4 is 17.3 Å². The summed E-state index contributed by atoms with van der Waals surface area (Å²) in [5.74, 6) is -1.05. The molecule has 0 bridgehead atoms. The number of thiazole rings is 1. The summed E-state index contributed by atoms with van der Waals surface area (Å²) in [6.45, 7) is 2.94. The molecule has 1 heterocycles. The van der Waals surface area contributed by atoms with Crippen molar-refractivity contribution in [1.82, 2.24) is 4.98 Å². The molecule has 0 fully saturated rings. The first-order valence-corrected chi connectivity index (χ1v) is 5.76.